The number of halogens is 16. The van der Waals surface area contributed by atoms with Crippen molar-refractivity contribution in [1.82, 2.24) is 49.3 Å². The zero-order valence-corrected chi connectivity index (χ0v) is 66.4. The third-order valence-corrected chi connectivity index (χ3v) is 21.2. The summed E-state index contributed by atoms with van der Waals surface area (Å²) < 4.78 is 224. The van der Waals surface area contributed by atoms with Crippen LogP contribution in [0.3, 0.4) is 0 Å². The fraction of sp³-hybridized carbons (Fsp3) is 0.297. The first-order valence-electron chi connectivity index (χ1n) is 39.0. The molecule has 2 aliphatic carbocycles. The molecule has 0 saturated heterocycles. The van der Waals surface area contributed by atoms with Crippen LogP contribution in [0.4, 0.5) is 70.2 Å². The Hall–Kier alpha value is -12.5. The summed E-state index contributed by atoms with van der Waals surface area (Å²) in [6.45, 7) is 4.57. The number of aromatic nitrogens is 10. The summed E-state index contributed by atoms with van der Waals surface area (Å²) in [5.74, 6) is -10.6. The molecule has 6 heterocycles. The first kappa shape index (κ1) is 89.8. The van der Waals surface area contributed by atoms with Gasteiger partial charge in [-0.15, -0.1) is 0 Å². The van der Waals surface area contributed by atoms with E-state index in [0.29, 0.717) is 94.3 Å². The third kappa shape index (κ3) is 22.4. The second kappa shape index (κ2) is 38.7. The molecular weight excluding hydrogens is 1630 g/mol. The molecule has 4 atom stereocenters. The molecule has 0 radical (unpaired) electrons. The number of aliphatic hydroxyl groups excluding tert-OH is 1. The van der Waals surface area contributed by atoms with E-state index in [0.717, 1.165) is 81.5 Å². The largest absolute Gasteiger partial charge is 0.435 e. The molecule has 12 aromatic rings. The first-order valence-corrected chi connectivity index (χ1v) is 39.0. The van der Waals surface area contributed by atoms with Gasteiger partial charge in [0.25, 0.3) is 6.43 Å². The van der Waals surface area contributed by atoms with Crippen molar-refractivity contribution in [3.05, 3.63) is 313 Å². The van der Waals surface area contributed by atoms with Crippen LogP contribution in [0.2, 0.25) is 0 Å². The summed E-state index contributed by atoms with van der Waals surface area (Å²) in [5.41, 5.74) is 4.70. The smallest absolute Gasteiger partial charge is 0.387 e. The minimum absolute atomic E-state index is 0.0205. The van der Waals surface area contributed by atoms with Crippen molar-refractivity contribution in [2.75, 3.05) is 0 Å². The van der Waals surface area contributed by atoms with Crippen LogP contribution in [-0.4, -0.2) is 83.3 Å². The van der Waals surface area contributed by atoms with Crippen molar-refractivity contribution in [2.45, 2.75) is 173 Å². The van der Waals surface area contributed by atoms with Gasteiger partial charge in [-0.05, 0) is 204 Å². The van der Waals surface area contributed by atoms with Crippen LogP contribution in [0.1, 0.15) is 194 Å². The summed E-state index contributed by atoms with van der Waals surface area (Å²) in [4.78, 5) is 81.6. The van der Waals surface area contributed by atoms with Gasteiger partial charge < -0.3 is 5.11 Å². The van der Waals surface area contributed by atoms with Crippen LogP contribution in [0.5, 0.6) is 0 Å². The second-order valence-corrected chi connectivity index (χ2v) is 30.4. The van der Waals surface area contributed by atoms with E-state index in [1.807, 2.05) is 31.2 Å². The molecule has 14 rings (SSSR count). The number of pyridine rings is 2. The molecule has 32 heteroatoms. The van der Waals surface area contributed by atoms with Crippen molar-refractivity contribution >= 4 is 28.9 Å². The number of carbonyl (C=O) groups excluding carboxylic acids is 5. The number of benzene rings is 6. The molecule has 0 bridgehead atoms. The predicted octanol–water partition coefficient (Wildman–Crippen LogP) is 20.5. The van der Waals surface area contributed by atoms with Crippen LogP contribution in [0, 0.1) is 60.4 Å². The number of nitrogens with zero attached hydrogens (tertiary/aromatic N) is 10. The summed E-state index contributed by atoms with van der Waals surface area (Å²) in [7, 11) is 0. The van der Waals surface area contributed by atoms with E-state index in [4.69, 9.17) is 0 Å². The Morgan fingerprint density at radius 1 is 0.463 bits per heavy atom. The Morgan fingerprint density at radius 2 is 0.902 bits per heavy atom. The highest BCUT2D eigenvalue weighted by Crippen LogP contribution is 2.42. The molecule has 2 aliphatic rings. The fourth-order valence-corrected chi connectivity index (χ4v) is 15.8. The maximum absolute atomic E-state index is 14.3. The van der Waals surface area contributed by atoms with E-state index in [1.165, 1.54) is 80.6 Å². The number of hydrogen-bond donors (Lipinski definition) is 1. The Kier molecular flexibility index (Phi) is 28.3. The number of hydrogen-bond acceptors (Lipinski definition) is 13. The van der Waals surface area contributed by atoms with Gasteiger partial charge in [0.2, 0.25) is 0 Å². The molecule has 0 fully saturated rings. The van der Waals surface area contributed by atoms with Crippen molar-refractivity contribution in [3.8, 4) is 33.4 Å². The number of rotatable bonds is 27. The van der Waals surface area contributed by atoms with Crippen LogP contribution < -0.4 is 0 Å². The lowest BCUT2D eigenvalue weighted by atomic mass is 9.86. The molecule has 0 amide bonds. The van der Waals surface area contributed by atoms with E-state index in [9.17, 15) is 99.3 Å². The molecule has 123 heavy (non-hydrogen) atoms. The minimum atomic E-state index is -4.68. The van der Waals surface area contributed by atoms with Crippen molar-refractivity contribution in [3.63, 3.8) is 0 Å². The van der Waals surface area contributed by atoms with E-state index in [2.05, 4.69) is 35.2 Å². The van der Waals surface area contributed by atoms with Crippen molar-refractivity contribution in [2.24, 2.45) is 0 Å². The average Bonchev–Trinajstić information content (AvgIpc) is 1.66. The van der Waals surface area contributed by atoms with Crippen LogP contribution in [0.25, 0.3) is 33.4 Å². The Labute approximate surface area is 694 Å². The van der Waals surface area contributed by atoms with Crippen molar-refractivity contribution < 1.29 is 99.3 Å². The fourth-order valence-electron chi connectivity index (χ4n) is 15.8. The number of aryl methyl sites for hydroxylation is 2. The Balaban J connectivity index is 0.000000169. The highest BCUT2D eigenvalue weighted by Gasteiger charge is 2.41. The Morgan fingerprint density at radius 3 is 1.35 bits per heavy atom. The van der Waals surface area contributed by atoms with Gasteiger partial charge in [0.1, 0.15) is 58.6 Å². The van der Waals surface area contributed by atoms with Gasteiger partial charge in [-0.25, -0.2) is 53.9 Å². The lowest BCUT2D eigenvalue weighted by molar-refractivity contribution is -0.142. The number of ketones is 5. The van der Waals surface area contributed by atoms with E-state index < -0.39 is 142 Å². The van der Waals surface area contributed by atoms with Gasteiger partial charge in [0.15, 0.2) is 40.3 Å². The number of fused-ring (bicyclic) bond motifs is 2. The second-order valence-electron chi connectivity index (χ2n) is 30.4. The first-order chi connectivity index (χ1) is 58.4. The summed E-state index contributed by atoms with van der Waals surface area (Å²) in [5, 5.41) is 21.8. The number of alkyl halides is 8. The lowest BCUT2D eigenvalue weighted by Gasteiger charge is -2.22. The predicted molar refractivity (Wildman–Crippen MR) is 420 cm³/mol. The van der Waals surface area contributed by atoms with Gasteiger partial charge in [-0.3, -0.25) is 48.0 Å². The number of Topliss-reactive ketones (excluding diaryl/α,β-unsaturated/α-hetero) is 5. The average molecular weight is 1710 g/mol. The lowest BCUT2D eigenvalue weighted by Crippen LogP contribution is -2.21. The van der Waals surface area contributed by atoms with Crippen LogP contribution in [-0.2, 0) is 84.9 Å². The topological polar surface area (TPSA) is 211 Å². The molecule has 640 valence electrons. The minimum Gasteiger partial charge on any atom is -0.387 e. The Bertz CT molecular complexity index is 5860. The summed E-state index contributed by atoms with van der Waals surface area (Å²) >= 11 is 0. The molecule has 0 spiro atoms. The third-order valence-electron chi connectivity index (χ3n) is 21.2. The van der Waals surface area contributed by atoms with Gasteiger partial charge in [-0.1, -0.05) is 54.1 Å². The molecule has 16 nitrogen and oxygen atoms in total. The maximum atomic E-state index is 14.3. The van der Waals surface area contributed by atoms with Crippen molar-refractivity contribution in [1.29, 1.82) is 0 Å². The molecule has 6 aromatic heterocycles. The van der Waals surface area contributed by atoms with Crippen LogP contribution in [0.15, 0.2) is 171 Å². The zero-order valence-electron chi connectivity index (χ0n) is 66.4. The summed E-state index contributed by atoms with van der Waals surface area (Å²) in [6, 6.07) is 32.1. The standard InChI is InChI=1S/C32H28F5N3O3.C30H27F5N4O.C29H23F6N3O2/c1-17(41)26-14-19(7-8-27(26)35)24-5-3-9-38-29(24)20(10-18-11-21(33)15-22(34)12-18)13-23(42)16-40-31-25(4-2-6-28(31)43)30(39-40)32(36)37;1-18-6-8-20(9-7-18)26-15-36-17-37-28(26)21(10-19-11-22(31)14-23(32)12-19)13-24(40)16-39-27-5-3-2-4-25(27)29(38-39)30(33,34)35;1-16-8-27(29(33,34)35)37-38(16)15-23(40)12-20(9-18-10-21(30)14-22(31)11-18)28-24(4-3-7-36-28)19-5-6-26(32)25(13-19)17(2)39/h3,5,7-9,11-12,14-15,20,28,32,43H,2,4,6,10,13,16H2,1H3;6-9,11-12,14-15,17,21H,2-5,10,13,16H2,1H3;3-8,10-11,13-14,20H,9,12,15H2,1-2H3/t20-,28?;21-;20-/m101/s1. The normalized spacial score (nSPS) is 14.0. The van der Waals surface area contributed by atoms with Gasteiger partial charge >= 0.3 is 12.4 Å². The molecule has 0 aliphatic heterocycles. The van der Waals surface area contributed by atoms with Gasteiger partial charge in [-0.2, -0.15) is 41.6 Å². The summed E-state index contributed by atoms with van der Waals surface area (Å²) in [6.07, 6.45) is -4.69. The van der Waals surface area contributed by atoms with E-state index in [1.54, 1.807) is 30.5 Å². The number of carbonyl (C=O) groups is 5. The zero-order chi connectivity index (χ0) is 88.5. The van der Waals surface area contributed by atoms with E-state index in [-0.39, 0.29) is 102 Å². The van der Waals surface area contributed by atoms with Gasteiger partial charge in [0.05, 0.1) is 59.6 Å². The van der Waals surface area contributed by atoms with Gasteiger partial charge in [0, 0.05) is 113 Å². The molecule has 1 unspecified atom stereocenters. The highest BCUT2D eigenvalue weighted by atomic mass is 19.4. The number of aliphatic hydroxyl groups is 1. The highest BCUT2D eigenvalue weighted by molar-refractivity contribution is 5.96. The monoisotopic (exact) mass is 1710 g/mol. The molecular formula is C91H78F16N10O6. The molecule has 1 N–H and O–H groups in total. The quantitative estimate of drug-likeness (QED) is 0.0375. The SMILES string of the molecule is CC(=O)c1cc(-c2cccnc2[C@@H](CC(=O)Cn2nc(C(F)(F)F)cc2C)Cc2cc(F)cc(F)c2)ccc1F.CC(=O)c1cc(-c2cccnc2[C@@H](CC(=O)Cn2nc(C(F)F)c3c2C(O)CCC3)Cc2cc(F)cc(F)c2)ccc1F.Cc1ccc(-c2cncnc2[C@H](CC(=O)Cn2nc(C(F)(F)F)c3c2CCCC3)Cc2cc(F)cc(F)c2)cc1. The van der Waals surface area contributed by atoms with E-state index >= 15 is 0 Å². The maximum Gasteiger partial charge on any atom is 0.435 e. The van der Waals surface area contributed by atoms with Crippen LogP contribution >= 0.6 is 0 Å². The molecule has 6 aromatic carbocycles. The molecule has 0 saturated carbocycles.